The first kappa shape index (κ1) is 10.5. The molecule has 0 atom stereocenters. The van der Waals surface area contributed by atoms with Gasteiger partial charge in [0.25, 0.3) is 0 Å². The predicted molar refractivity (Wildman–Crippen MR) is 55.7 cm³/mol. The van der Waals surface area contributed by atoms with Crippen molar-refractivity contribution < 1.29 is 4.74 Å². The van der Waals surface area contributed by atoms with Gasteiger partial charge in [-0.05, 0) is 22.0 Å². The molecule has 0 spiro atoms. The summed E-state index contributed by atoms with van der Waals surface area (Å²) in [5, 5.41) is 1.23. The minimum Gasteiger partial charge on any atom is -0.494 e. The molecule has 0 fully saturated rings. The molecule has 0 saturated heterocycles. The van der Waals surface area contributed by atoms with E-state index in [4.69, 9.17) is 39.5 Å². The molecule has 0 aliphatic carbocycles. The monoisotopic (exact) mass is 288 g/mol. The first-order chi connectivity index (χ1) is 5.57. The van der Waals surface area contributed by atoms with E-state index in [1.54, 1.807) is 0 Å². The van der Waals surface area contributed by atoms with Gasteiger partial charge in [0.2, 0.25) is 0 Å². The Morgan fingerprint density at radius 2 is 1.83 bits per heavy atom. The minimum atomic E-state index is 0.398. The van der Waals surface area contributed by atoms with Gasteiger partial charge in [0.15, 0.2) is 5.75 Å². The molecule has 5 heteroatoms. The van der Waals surface area contributed by atoms with Crippen LogP contribution in [-0.4, -0.2) is 7.11 Å². The second-order valence-electron chi connectivity index (χ2n) is 2.00. The van der Waals surface area contributed by atoms with Crippen LogP contribution in [0.2, 0.25) is 15.1 Å². The Morgan fingerprint density at radius 1 is 1.25 bits per heavy atom. The first-order valence-corrected chi connectivity index (χ1v) is 4.87. The van der Waals surface area contributed by atoms with Crippen molar-refractivity contribution in [2.75, 3.05) is 7.11 Å². The van der Waals surface area contributed by atoms with Crippen LogP contribution in [0.5, 0.6) is 5.75 Å². The smallest absolute Gasteiger partial charge is 0.153 e. The summed E-state index contributed by atoms with van der Waals surface area (Å²) in [6.45, 7) is 0. The molecular weight excluding hydrogens is 286 g/mol. The predicted octanol–water partition coefficient (Wildman–Crippen LogP) is 4.42. The molecule has 0 aliphatic rings. The average Bonchev–Trinajstić information content (AvgIpc) is 2.01. The first-order valence-electron chi connectivity index (χ1n) is 2.95. The summed E-state index contributed by atoms with van der Waals surface area (Å²) in [6.07, 6.45) is 0. The van der Waals surface area contributed by atoms with Crippen LogP contribution in [0.3, 0.4) is 0 Å². The summed E-state index contributed by atoms with van der Waals surface area (Å²) in [5.74, 6) is 0.492. The third-order valence-electron chi connectivity index (χ3n) is 1.28. The summed E-state index contributed by atoms with van der Waals surface area (Å²) < 4.78 is 5.56. The highest BCUT2D eigenvalue weighted by atomic mass is 79.9. The van der Waals surface area contributed by atoms with Crippen molar-refractivity contribution in [3.8, 4) is 5.75 Å². The van der Waals surface area contributed by atoms with E-state index in [-0.39, 0.29) is 0 Å². The molecule has 66 valence electrons. The lowest BCUT2D eigenvalue weighted by molar-refractivity contribution is 0.412. The Hall–Kier alpha value is 0.370. The molecule has 0 saturated carbocycles. The zero-order valence-electron chi connectivity index (χ0n) is 6.00. The zero-order chi connectivity index (χ0) is 9.30. The molecule has 1 aromatic rings. The van der Waals surface area contributed by atoms with Gasteiger partial charge in [0.05, 0.1) is 26.7 Å². The lowest BCUT2D eigenvalue weighted by Gasteiger charge is -2.07. The molecular formula is C7H4BrCl3O. The van der Waals surface area contributed by atoms with E-state index in [0.717, 1.165) is 0 Å². The average molecular weight is 290 g/mol. The molecule has 12 heavy (non-hydrogen) atoms. The Bertz CT molecular complexity index is 314. The second kappa shape index (κ2) is 4.05. The van der Waals surface area contributed by atoms with Crippen LogP contribution >= 0.6 is 50.7 Å². The van der Waals surface area contributed by atoms with Crippen molar-refractivity contribution in [2.24, 2.45) is 0 Å². The highest BCUT2D eigenvalue weighted by Gasteiger charge is 2.12. The number of hydrogen-bond acceptors (Lipinski definition) is 1. The van der Waals surface area contributed by atoms with Crippen LogP contribution in [0.4, 0.5) is 0 Å². The summed E-state index contributed by atoms with van der Waals surface area (Å²) >= 11 is 20.6. The van der Waals surface area contributed by atoms with Crippen LogP contribution in [-0.2, 0) is 0 Å². The fourth-order valence-electron chi connectivity index (χ4n) is 0.737. The molecule has 1 rings (SSSR count). The molecule has 1 nitrogen and oxygen atoms in total. The van der Waals surface area contributed by atoms with Crippen molar-refractivity contribution in [3.63, 3.8) is 0 Å². The highest BCUT2D eigenvalue weighted by Crippen LogP contribution is 2.42. The lowest BCUT2D eigenvalue weighted by Crippen LogP contribution is -1.86. The molecule has 0 unspecified atom stereocenters. The fraction of sp³-hybridized carbons (Fsp3) is 0.143. The number of benzene rings is 1. The fourth-order valence-corrected chi connectivity index (χ4v) is 2.23. The Morgan fingerprint density at radius 3 is 2.33 bits per heavy atom. The van der Waals surface area contributed by atoms with Crippen LogP contribution in [0.1, 0.15) is 0 Å². The Kier molecular flexibility index (Phi) is 3.53. The third-order valence-corrected chi connectivity index (χ3v) is 3.33. The molecule has 0 aliphatic heterocycles. The van der Waals surface area contributed by atoms with E-state index >= 15 is 0 Å². The van der Waals surface area contributed by atoms with Crippen molar-refractivity contribution in [1.29, 1.82) is 0 Å². The van der Waals surface area contributed by atoms with E-state index in [0.29, 0.717) is 25.3 Å². The van der Waals surface area contributed by atoms with E-state index < -0.39 is 0 Å². The van der Waals surface area contributed by atoms with Gasteiger partial charge in [-0.25, -0.2) is 0 Å². The maximum absolute atomic E-state index is 5.82. The Labute approximate surface area is 93.7 Å². The van der Waals surface area contributed by atoms with Gasteiger partial charge >= 0.3 is 0 Å². The van der Waals surface area contributed by atoms with Crippen molar-refractivity contribution in [2.45, 2.75) is 0 Å². The quantitative estimate of drug-likeness (QED) is 0.549. The molecule has 0 amide bonds. The number of methoxy groups -OCH3 is 1. The second-order valence-corrected chi connectivity index (χ2v) is 3.99. The SMILES string of the molecule is COc1c(Cl)cc(Cl)c(Cl)c1Br. The molecule has 0 bridgehead atoms. The van der Waals surface area contributed by atoms with Crippen LogP contribution in [0, 0.1) is 0 Å². The van der Waals surface area contributed by atoms with Crippen molar-refractivity contribution in [3.05, 3.63) is 25.6 Å². The summed E-state index contributed by atoms with van der Waals surface area (Å²) in [5.41, 5.74) is 0. The number of ether oxygens (including phenoxy) is 1. The van der Waals surface area contributed by atoms with E-state index in [1.165, 1.54) is 13.2 Å². The topological polar surface area (TPSA) is 9.23 Å². The number of halogens is 4. The van der Waals surface area contributed by atoms with Gasteiger partial charge < -0.3 is 4.74 Å². The summed E-state index contributed by atoms with van der Waals surface area (Å²) in [4.78, 5) is 0. The zero-order valence-corrected chi connectivity index (χ0v) is 9.85. The molecule has 0 N–H and O–H groups in total. The molecule has 1 aromatic carbocycles. The minimum absolute atomic E-state index is 0.398. The van der Waals surface area contributed by atoms with Gasteiger partial charge in [0.1, 0.15) is 0 Å². The van der Waals surface area contributed by atoms with Gasteiger partial charge in [-0.3, -0.25) is 0 Å². The number of rotatable bonds is 1. The van der Waals surface area contributed by atoms with E-state index in [2.05, 4.69) is 15.9 Å². The number of hydrogen-bond donors (Lipinski definition) is 0. The van der Waals surface area contributed by atoms with Gasteiger partial charge in [-0.2, -0.15) is 0 Å². The van der Waals surface area contributed by atoms with Gasteiger partial charge in [0, 0.05) is 0 Å². The Balaban J connectivity index is 3.40. The van der Waals surface area contributed by atoms with Crippen molar-refractivity contribution >= 4 is 50.7 Å². The lowest BCUT2D eigenvalue weighted by atomic mass is 10.3. The van der Waals surface area contributed by atoms with E-state index in [9.17, 15) is 0 Å². The van der Waals surface area contributed by atoms with Crippen LogP contribution < -0.4 is 4.74 Å². The maximum atomic E-state index is 5.82. The highest BCUT2D eigenvalue weighted by molar-refractivity contribution is 9.10. The largest absolute Gasteiger partial charge is 0.494 e. The standard InChI is InChI=1S/C7H4BrCl3O/c1-12-7-4(10)2-3(9)6(11)5(7)8/h2H,1H3. The van der Waals surface area contributed by atoms with Crippen LogP contribution in [0.15, 0.2) is 10.5 Å². The molecule has 0 aromatic heterocycles. The maximum Gasteiger partial charge on any atom is 0.153 e. The normalized spacial score (nSPS) is 10.1. The summed E-state index contributed by atoms with van der Waals surface area (Å²) in [6, 6.07) is 1.54. The van der Waals surface area contributed by atoms with Crippen molar-refractivity contribution in [1.82, 2.24) is 0 Å². The molecule has 0 heterocycles. The van der Waals surface area contributed by atoms with E-state index in [1.807, 2.05) is 0 Å². The third kappa shape index (κ3) is 1.82. The summed E-state index contributed by atoms with van der Waals surface area (Å²) in [7, 11) is 1.51. The van der Waals surface area contributed by atoms with Gasteiger partial charge in [-0.15, -0.1) is 0 Å². The van der Waals surface area contributed by atoms with Crippen LogP contribution in [0.25, 0.3) is 0 Å². The van der Waals surface area contributed by atoms with Gasteiger partial charge in [-0.1, -0.05) is 34.8 Å². The molecule has 0 radical (unpaired) electrons.